The summed E-state index contributed by atoms with van der Waals surface area (Å²) in [4.78, 5) is 23.1. The second-order valence-corrected chi connectivity index (χ2v) is 4.92. The average Bonchev–Trinajstić information content (AvgIpc) is 2.45. The van der Waals surface area contributed by atoms with Gasteiger partial charge in [-0.15, -0.1) is 0 Å². The average molecular weight is 281 g/mol. The van der Waals surface area contributed by atoms with E-state index in [2.05, 4.69) is 0 Å². The summed E-state index contributed by atoms with van der Waals surface area (Å²) in [6.07, 6.45) is 4.65. The predicted octanol–water partition coefficient (Wildman–Crippen LogP) is 0.359. The topological polar surface area (TPSA) is 111 Å². The van der Waals surface area contributed by atoms with E-state index in [0.29, 0.717) is 32.4 Å². The first-order valence-electron chi connectivity index (χ1n) is 6.90. The lowest BCUT2D eigenvalue weighted by Crippen LogP contribution is -2.30. The molecule has 0 saturated heterocycles. The second kappa shape index (κ2) is 8.50. The van der Waals surface area contributed by atoms with Crippen LogP contribution in [0.3, 0.4) is 0 Å². The van der Waals surface area contributed by atoms with E-state index < -0.39 is 5.56 Å². The number of aryl methyl sites for hydroxylation is 1. The first-order chi connectivity index (χ1) is 9.54. The van der Waals surface area contributed by atoms with E-state index in [0.717, 1.165) is 12.8 Å². The van der Waals surface area contributed by atoms with Gasteiger partial charge in [-0.1, -0.05) is 0 Å². The number of ketones is 1. The number of carbonyl (C=O) groups is 1. The molecule has 1 aromatic heterocycles. The van der Waals surface area contributed by atoms with Crippen molar-refractivity contribution >= 4 is 5.78 Å². The molecule has 1 atom stereocenters. The first-order valence-corrected chi connectivity index (χ1v) is 6.90. The van der Waals surface area contributed by atoms with Crippen LogP contribution in [0, 0.1) is 0 Å². The van der Waals surface area contributed by atoms with Crippen LogP contribution in [-0.2, 0) is 11.3 Å². The lowest BCUT2D eigenvalue weighted by molar-refractivity contribution is -0.119. The molecular weight excluding hydrogens is 258 g/mol. The molecule has 20 heavy (non-hydrogen) atoms. The van der Waals surface area contributed by atoms with Crippen molar-refractivity contribution in [1.29, 1.82) is 0 Å². The molecule has 0 aliphatic carbocycles. The van der Waals surface area contributed by atoms with Gasteiger partial charge >= 0.3 is 0 Å². The number of hydrogen-bond donors (Lipinski definition) is 3. The van der Waals surface area contributed by atoms with Gasteiger partial charge in [-0.2, -0.15) is 0 Å². The number of aromatic hydroxyl groups is 1. The van der Waals surface area contributed by atoms with Gasteiger partial charge in [-0.05, 0) is 31.4 Å². The third-order valence-electron chi connectivity index (χ3n) is 3.20. The number of carbonyl (C=O) groups excluding carboxylic acids is 1. The highest BCUT2D eigenvalue weighted by molar-refractivity contribution is 5.78. The normalized spacial score (nSPS) is 12.3. The minimum absolute atomic E-state index is 0.107. The SMILES string of the molecule is NCC(N)CCC(=O)CCCCn1cccc(O)c1=O. The van der Waals surface area contributed by atoms with Crippen molar-refractivity contribution < 1.29 is 9.90 Å². The summed E-state index contributed by atoms with van der Waals surface area (Å²) in [5.41, 5.74) is 10.6. The second-order valence-electron chi connectivity index (χ2n) is 4.92. The van der Waals surface area contributed by atoms with Crippen LogP contribution in [0.1, 0.15) is 32.1 Å². The highest BCUT2D eigenvalue weighted by atomic mass is 16.3. The number of aromatic nitrogens is 1. The Hall–Kier alpha value is -1.66. The maximum Gasteiger partial charge on any atom is 0.292 e. The summed E-state index contributed by atoms with van der Waals surface area (Å²) in [7, 11) is 0. The van der Waals surface area contributed by atoms with E-state index in [1.54, 1.807) is 12.3 Å². The van der Waals surface area contributed by atoms with Crippen LogP contribution in [0.25, 0.3) is 0 Å². The number of unbranched alkanes of at least 4 members (excludes halogenated alkanes) is 1. The Morgan fingerprint density at radius 3 is 2.80 bits per heavy atom. The number of hydrogen-bond acceptors (Lipinski definition) is 5. The van der Waals surface area contributed by atoms with Crippen LogP contribution in [0.5, 0.6) is 5.75 Å². The molecule has 0 aliphatic heterocycles. The number of nitrogens with zero attached hydrogens (tertiary/aromatic N) is 1. The van der Waals surface area contributed by atoms with Crippen molar-refractivity contribution in [1.82, 2.24) is 4.57 Å². The number of Topliss-reactive ketones (excluding diaryl/α,β-unsaturated/α-hetero) is 1. The molecular formula is C14H23N3O3. The van der Waals surface area contributed by atoms with Crippen LogP contribution in [0.4, 0.5) is 0 Å². The van der Waals surface area contributed by atoms with Crippen molar-refractivity contribution in [3.05, 3.63) is 28.7 Å². The van der Waals surface area contributed by atoms with Gasteiger partial charge in [0.05, 0.1) is 0 Å². The van der Waals surface area contributed by atoms with Gasteiger partial charge in [0.2, 0.25) is 0 Å². The summed E-state index contributed by atoms with van der Waals surface area (Å²) in [5, 5.41) is 9.28. The zero-order chi connectivity index (χ0) is 15.0. The van der Waals surface area contributed by atoms with E-state index in [1.165, 1.54) is 10.6 Å². The largest absolute Gasteiger partial charge is 0.503 e. The Kier molecular flexibility index (Phi) is 6.97. The molecule has 112 valence electrons. The van der Waals surface area contributed by atoms with Gasteiger partial charge in [0.25, 0.3) is 5.56 Å². The summed E-state index contributed by atoms with van der Waals surface area (Å²) in [5.74, 6) is -0.0727. The molecule has 0 spiro atoms. The Morgan fingerprint density at radius 1 is 1.35 bits per heavy atom. The monoisotopic (exact) mass is 281 g/mol. The van der Waals surface area contributed by atoms with Crippen LogP contribution < -0.4 is 17.0 Å². The van der Waals surface area contributed by atoms with Gasteiger partial charge in [-0.3, -0.25) is 9.59 Å². The summed E-state index contributed by atoms with van der Waals surface area (Å²) < 4.78 is 1.45. The lowest BCUT2D eigenvalue weighted by atomic mass is 10.1. The van der Waals surface area contributed by atoms with Gasteiger partial charge in [0, 0.05) is 38.2 Å². The van der Waals surface area contributed by atoms with E-state index in [1.807, 2.05) is 0 Å². The minimum Gasteiger partial charge on any atom is -0.503 e. The molecule has 0 saturated carbocycles. The summed E-state index contributed by atoms with van der Waals surface area (Å²) in [6.45, 7) is 0.899. The van der Waals surface area contributed by atoms with Crippen LogP contribution in [0.2, 0.25) is 0 Å². The van der Waals surface area contributed by atoms with Crippen molar-refractivity contribution in [3.8, 4) is 5.75 Å². The molecule has 1 aromatic rings. The first kappa shape index (κ1) is 16.4. The summed E-state index contributed by atoms with van der Waals surface area (Å²) in [6, 6.07) is 2.88. The zero-order valence-electron chi connectivity index (χ0n) is 11.6. The molecule has 0 aliphatic rings. The molecule has 1 heterocycles. The van der Waals surface area contributed by atoms with Crippen molar-refractivity contribution in [3.63, 3.8) is 0 Å². The van der Waals surface area contributed by atoms with Gasteiger partial charge in [0.15, 0.2) is 5.75 Å². The molecule has 1 unspecified atom stereocenters. The van der Waals surface area contributed by atoms with Gasteiger partial charge in [-0.25, -0.2) is 0 Å². The van der Waals surface area contributed by atoms with Crippen LogP contribution in [-0.4, -0.2) is 28.0 Å². The van der Waals surface area contributed by atoms with Gasteiger partial charge < -0.3 is 21.1 Å². The lowest BCUT2D eigenvalue weighted by Gasteiger charge is -2.08. The highest BCUT2D eigenvalue weighted by Gasteiger charge is 2.06. The molecule has 0 aromatic carbocycles. The fourth-order valence-electron chi connectivity index (χ4n) is 1.89. The molecule has 5 N–H and O–H groups in total. The smallest absolute Gasteiger partial charge is 0.292 e. The Balaban J connectivity index is 2.23. The van der Waals surface area contributed by atoms with Gasteiger partial charge in [0.1, 0.15) is 5.78 Å². The minimum atomic E-state index is -0.396. The Morgan fingerprint density at radius 2 is 2.10 bits per heavy atom. The molecule has 0 radical (unpaired) electrons. The molecule has 0 amide bonds. The highest BCUT2D eigenvalue weighted by Crippen LogP contribution is 2.05. The maximum absolute atomic E-state index is 11.6. The van der Waals surface area contributed by atoms with Crippen molar-refractivity contribution in [2.75, 3.05) is 6.54 Å². The predicted molar refractivity (Wildman–Crippen MR) is 77.5 cm³/mol. The third kappa shape index (κ3) is 5.54. The fraction of sp³-hybridized carbons (Fsp3) is 0.571. The van der Waals surface area contributed by atoms with E-state index in [-0.39, 0.29) is 17.6 Å². The molecule has 6 heteroatoms. The third-order valence-corrected chi connectivity index (χ3v) is 3.20. The maximum atomic E-state index is 11.6. The van der Waals surface area contributed by atoms with E-state index >= 15 is 0 Å². The van der Waals surface area contributed by atoms with Crippen molar-refractivity contribution in [2.45, 2.75) is 44.7 Å². The number of nitrogens with two attached hydrogens (primary N) is 2. The Bertz CT molecular complexity index is 485. The Labute approximate surface area is 118 Å². The zero-order valence-corrected chi connectivity index (χ0v) is 11.6. The fourth-order valence-corrected chi connectivity index (χ4v) is 1.89. The van der Waals surface area contributed by atoms with Crippen LogP contribution in [0.15, 0.2) is 23.1 Å². The molecule has 6 nitrogen and oxygen atoms in total. The van der Waals surface area contributed by atoms with Crippen molar-refractivity contribution in [2.24, 2.45) is 11.5 Å². The summed E-state index contributed by atoms with van der Waals surface area (Å²) >= 11 is 0. The van der Waals surface area contributed by atoms with Crippen LogP contribution >= 0.6 is 0 Å². The molecule has 0 fully saturated rings. The number of pyridine rings is 1. The van der Waals surface area contributed by atoms with E-state index in [9.17, 15) is 14.7 Å². The molecule has 0 bridgehead atoms. The molecule has 1 rings (SSSR count). The standard InChI is InChI=1S/C14H23N3O3/c15-10-11(16)6-7-12(18)4-1-2-8-17-9-3-5-13(19)14(17)20/h3,5,9,11,19H,1-2,4,6-8,10,15-16H2. The quantitative estimate of drug-likeness (QED) is 0.566. The van der Waals surface area contributed by atoms with E-state index in [4.69, 9.17) is 11.5 Å². The number of rotatable bonds is 9.